The third kappa shape index (κ3) is 3.01. The van der Waals surface area contributed by atoms with Gasteiger partial charge >= 0.3 is 0 Å². The molecular weight excluding hydrogens is 340 g/mol. The number of thiophene rings is 1. The predicted octanol–water partition coefficient (Wildman–Crippen LogP) is 4.92. The van der Waals surface area contributed by atoms with Gasteiger partial charge in [0.05, 0.1) is 11.6 Å². The molecule has 0 saturated heterocycles. The van der Waals surface area contributed by atoms with Gasteiger partial charge in [-0.2, -0.15) is 5.10 Å². The molecule has 1 aromatic carbocycles. The molecule has 0 fully saturated rings. The lowest BCUT2D eigenvalue weighted by molar-refractivity contribution is 0.509. The Morgan fingerprint density at radius 2 is 2.12 bits per heavy atom. The van der Waals surface area contributed by atoms with E-state index in [0.717, 1.165) is 45.4 Å². The number of hydrogen-bond donors (Lipinski definition) is 1. The summed E-state index contributed by atoms with van der Waals surface area (Å²) in [6.45, 7) is 2.31. The van der Waals surface area contributed by atoms with Crippen LogP contribution in [0.2, 0.25) is 5.02 Å². The molecule has 3 aromatic rings. The van der Waals surface area contributed by atoms with Gasteiger partial charge in [-0.25, -0.2) is 9.97 Å². The molecule has 2 heterocycles. The Labute approximate surface area is 149 Å². The SMILES string of the molecule is C[C@H]1CCc2c(sc3ncnc(N/N=C/c4ccc(Cl)cc4)c23)C1. The number of fused-ring (bicyclic) bond motifs is 3. The summed E-state index contributed by atoms with van der Waals surface area (Å²) in [4.78, 5) is 11.4. The molecule has 0 radical (unpaired) electrons. The van der Waals surface area contributed by atoms with E-state index in [-0.39, 0.29) is 0 Å². The summed E-state index contributed by atoms with van der Waals surface area (Å²) in [6.07, 6.45) is 6.84. The Hall–Kier alpha value is -1.98. The fourth-order valence-electron chi connectivity index (χ4n) is 3.08. The van der Waals surface area contributed by atoms with Crippen molar-refractivity contribution in [3.8, 4) is 0 Å². The molecule has 1 N–H and O–H groups in total. The van der Waals surface area contributed by atoms with Gasteiger partial charge < -0.3 is 0 Å². The fourth-order valence-corrected chi connectivity index (χ4v) is 4.55. The standard InChI is InChI=1S/C18H17ClN4S/c1-11-2-7-14-15(8-11)24-18-16(14)17(20-10-21-18)23-22-9-12-3-5-13(19)6-4-12/h3-6,9-11H,2,7-8H2,1H3,(H,20,21,23)/b22-9+/t11-/m0/s1. The van der Waals surface area contributed by atoms with Gasteiger partial charge in [0.15, 0.2) is 5.82 Å². The van der Waals surface area contributed by atoms with Crippen LogP contribution in [-0.2, 0) is 12.8 Å². The van der Waals surface area contributed by atoms with Crippen LogP contribution in [0.15, 0.2) is 35.7 Å². The van der Waals surface area contributed by atoms with Gasteiger partial charge in [-0.3, -0.25) is 5.43 Å². The molecule has 4 rings (SSSR count). The Bertz CT molecular complexity index is 901. The second-order valence-electron chi connectivity index (χ2n) is 6.18. The Balaban J connectivity index is 1.63. The van der Waals surface area contributed by atoms with E-state index in [1.54, 1.807) is 23.9 Å². The number of aromatic nitrogens is 2. The van der Waals surface area contributed by atoms with E-state index < -0.39 is 0 Å². The average Bonchev–Trinajstić information content (AvgIpc) is 2.95. The van der Waals surface area contributed by atoms with Crippen LogP contribution in [0.25, 0.3) is 10.2 Å². The lowest BCUT2D eigenvalue weighted by Gasteiger charge is -2.18. The van der Waals surface area contributed by atoms with Crippen molar-refractivity contribution in [3.63, 3.8) is 0 Å². The summed E-state index contributed by atoms with van der Waals surface area (Å²) in [7, 11) is 0. The van der Waals surface area contributed by atoms with Crippen molar-refractivity contribution in [2.75, 3.05) is 5.43 Å². The van der Waals surface area contributed by atoms with Crippen LogP contribution in [0, 0.1) is 5.92 Å². The first-order valence-electron chi connectivity index (χ1n) is 8.00. The lowest BCUT2D eigenvalue weighted by Crippen LogP contribution is -2.09. The Kier molecular flexibility index (Phi) is 4.21. The molecule has 24 heavy (non-hydrogen) atoms. The minimum Gasteiger partial charge on any atom is -0.261 e. The summed E-state index contributed by atoms with van der Waals surface area (Å²) >= 11 is 7.69. The van der Waals surface area contributed by atoms with Crippen molar-refractivity contribution < 1.29 is 0 Å². The summed E-state index contributed by atoms with van der Waals surface area (Å²) in [5.41, 5.74) is 5.48. The third-order valence-electron chi connectivity index (χ3n) is 4.35. The number of benzene rings is 1. The van der Waals surface area contributed by atoms with Gasteiger partial charge in [0, 0.05) is 9.90 Å². The van der Waals surface area contributed by atoms with Crippen molar-refractivity contribution in [1.29, 1.82) is 0 Å². The van der Waals surface area contributed by atoms with E-state index in [4.69, 9.17) is 11.6 Å². The van der Waals surface area contributed by atoms with Crippen molar-refractivity contribution in [3.05, 3.63) is 51.6 Å². The maximum absolute atomic E-state index is 5.90. The van der Waals surface area contributed by atoms with Crippen LogP contribution >= 0.6 is 22.9 Å². The molecule has 0 spiro atoms. The van der Waals surface area contributed by atoms with Crippen molar-refractivity contribution in [2.24, 2.45) is 11.0 Å². The van der Waals surface area contributed by atoms with E-state index in [0.29, 0.717) is 0 Å². The topological polar surface area (TPSA) is 50.2 Å². The zero-order valence-electron chi connectivity index (χ0n) is 13.3. The molecule has 0 saturated carbocycles. The number of hydrogen-bond acceptors (Lipinski definition) is 5. The van der Waals surface area contributed by atoms with Crippen LogP contribution in [0.5, 0.6) is 0 Å². The van der Waals surface area contributed by atoms with Crippen molar-refractivity contribution in [2.45, 2.75) is 26.2 Å². The number of nitrogens with zero attached hydrogens (tertiary/aromatic N) is 3. The molecule has 0 amide bonds. The van der Waals surface area contributed by atoms with Crippen LogP contribution in [0.1, 0.15) is 29.3 Å². The fraction of sp³-hybridized carbons (Fsp3) is 0.278. The Morgan fingerprint density at radius 1 is 1.29 bits per heavy atom. The van der Waals surface area contributed by atoms with Crippen LogP contribution in [0.4, 0.5) is 5.82 Å². The minimum absolute atomic E-state index is 0.719. The minimum atomic E-state index is 0.719. The first-order valence-corrected chi connectivity index (χ1v) is 9.20. The first kappa shape index (κ1) is 15.5. The molecule has 0 aliphatic heterocycles. The number of hydrazone groups is 1. The van der Waals surface area contributed by atoms with E-state index in [9.17, 15) is 0 Å². The number of halogens is 1. The number of nitrogens with one attached hydrogen (secondary N) is 1. The van der Waals surface area contributed by atoms with Crippen molar-refractivity contribution >= 4 is 45.2 Å². The smallest absolute Gasteiger partial charge is 0.158 e. The van der Waals surface area contributed by atoms with Crippen LogP contribution < -0.4 is 5.43 Å². The molecule has 2 aromatic heterocycles. The highest BCUT2D eigenvalue weighted by atomic mass is 35.5. The van der Waals surface area contributed by atoms with Crippen LogP contribution in [0.3, 0.4) is 0 Å². The molecule has 122 valence electrons. The highest BCUT2D eigenvalue weighted by Gasteiger charge is 2.22. The molecule has 1 atom stereocenters. The molecule has 0 bridgehead atoms. The van der Waals surface area contributed by atoms with Gasteiger partial charge in [-0.05, 0) is 48.4 Å². The second-order valence-corrected chi connectivity index (χ2v) is 7.70. The van der Waals surface area contributed by atoms with Gasteiger partial charge in [0.2, 0.25) is 0 Å². The van der Waals surface area contributed by atoms with E-state index in [2.05, 4.69) is 27.4 Å². The highest BCUT2D eigenvalue weighted by Crippen LogP contribution is 2.39. The molecule has 0 unspecified atom stereocenters. The van der Waals surface area contributed by atoms with Gasteiger partial charge in [-0.15, -0.1) is 11.3 Å². The van der Waals surface area contributed by atoms with Crippen LogP contribution in [-0.4, -0.2) is 16.2 Å². The van der Waals surface area contributed by atoms with E-state index in [1.807, 2.05) is 24.3 Å². The average molecular weight is 357 g/mol. The van der Waals surface area contributed by atoms with Gasteiger partial charge in [0.1, 0.15) is 11.2 Å². The number of rotatable bonds is 3. The maximum Gasteiger partial charge on any atom is 0.158 e. The summed E-state index contributed by atoms with van der Waals surface area (Å²) in [6, 6.07) is 7.55. The third-order valence-corrected chi connectivity index (χ3v) is 5.76. The molecular formula is C18H17ClN4S. The van der Waals surface area contributed by atoms with E-state index in [1.165, 1.54) is 16.9 Å². The largest absolute Gasteiger partial charge is 0.261 e. The molecule has 1 aliphatic rings. The lowest BCUT2D eigenvalue weighted by atomic mass is 9.89. The van der Waals surface area contributed by atoms with Gasteiger partial charge in [0.25, 0.3) is 0 Å². The van der Waals surface area contributed by atoms with Gasteiger partial charge in [-0.1, -0.05) is 30.7 Å². The Morgan fingerprint density at radius 3 is 2.96 bits per heavy atom. The second kappa shape index (κ2) is 6.49. The zero-order chi connectivity index (χ0) is 16.5. The van der Waals surface area contributed by atoms with Crippen molar-refractivity contribution in [1.82, 2.24) is 9.97 Å². The number of aryl methyl sites for hydroxylation is 1. The summed E-state index contributed by atoms with van der Waals surface area (Å²) in [5.74, 6) is 1.54. The maximum atomic E-state index is 5.90. The quantitative estimate of drug-likeness (QED) is 0.535. The summed E-state index contributed by atoms with van der Waals surface area (Å²) in [5, 5.41) is 6.19. The molecule has 1 aliphatic carbocycles. The monoisotopic (exact) mass is 356 g/mol. The molecule has 4 nitrogen and oxygen atoms in total. The van der Waals surface area contributed by atoms with E-state index >= 15 is 0 Å². The highest BCUT2D eigenvalue weighted by molar-refractivity contribution is 7.19. The number of anilines is 1. The molecule has 6 heteroatoms. The first-order chi connectivity index (χ1) is 11.7. The normalized spacial score (nSPS) is 17.3. The summed E-state index contributed by atoms with van der Waals surface area (Å²) < 4.78 is 0. The zero-order valence-corrected chi connectivity index (χ0v) is 14.9. The predicted molar refractivity (Wildman–Crippen MR) is 101 cm³/mol.